The molecule has 0 atom stereocenters. The molecule has 3 nitrogen and oxygen atoms in total. The van der Waals surface area contributed by atoms with Gasteiger partial charge in [-0.05, 0) is 44.0 Å². The number of hydrogen-bond donors (Lipinski definition) is 0. The summed E-state index contributed by atoms with van der Waals surface area (Å²) in [5.74, 6) is 0. The Balaban J connectivity index is 1.87. The Hall–Kier alpha value is -1.65. The average molecular weight is 445 g/mol. The first kappa shape index (κ1) is 25.6. The van der Waals surface area contributed by atoms with Gasteiger partial charge in [0.15, 0.2) is 0 Å². The molecular formula is C27H42NO2S+. The second-order valence-electron chi connectivity index (χ2n) is 9.40. The molecule has 0 aromatic heterocycles. The van der Waals surface area contributed by atoms with E-state index in [9.17, 15) is 8.42 Å². The second kappa shape index (κ2) is 12.4. The van der Waals surface area contributed by atoms with Gasteiger partial charge < -0.3 is 0 Å². The number of aryl methyl sites for hydroxylation is 1. The zero-order valence-electron chi connectivity index (χ0n) is 20.1. The highest BCUT2D eigenvalue weighted by molar-refractivity contribution is 7.91. The Labute approximate surface area is 191 Å². The lowest BCUT2D eigenvalue weighted by atomic mass is 10.1. The first-order valence-corrected chi connectivity index (χ1v) is 13.5. The molecule has 2 aromatic rings. The van der Waals surface area contributed by atoms with Crippen LogP contribution in [0.1, 0.15) is 76.7 Å². The van der Waals surface area contributed by atoms with Crippen LogP contribution in [-0.4, -0.2) is 29.1 Å². The Morgan fingerprint density at radius 2 is 1.26 bits per heavy atom. The number of benzene rings is 2. The molecule has 0 bridgehead atoms. The molecule has 0 heterocycles. The summed E-state index contributed by atoms with van der Waals surface area (Å²) in [4.78, 5) is 0.735. The second-order valence-corrected chi connectivity index (χ2v) is 11.4. The summed E-state index contributed by atoms with van der Waals surface area (Å²) in [5, 5.41) is 0. The van der Waals surface area contributed by atoms with Crippen LogP contribution in [-0.2, 0) is 9.84 Å². The third kappa shape index (κ3) is 8.08. The van der Waals surface area contributed by atoms with Crippen molar-refractivity contribution in [2.24, 2.45) is 0 Å². The van der Waals surface area contributed by atoms with Crippen molar-refractivity contribution in [3.05, 3.63) is 54.1 Å². The summed E-state index contributed by atoms with van der Waals surface area (Å²) in [6, 6.07) is 14.6. The molecule has 2 rings (SSSR count). The Morgan fingerprint density at radius 3 is 1.84 bits per heavy atom. The normalized spacial score (nSPS) is 12.3. The van der Waals surface area contributed by atoms with Crippen LogP contribution in [0.4, 0.5) is 5.69 Å². The molecular weight excluding hydrogens is 402 g/mol. The van der Waals surface area contributed by atoms with Crippen LogP contribution in [0.2, 0.25) is 0 Å². The third-order valence-electron chi connectivity index (χ3n) is 6.23. The Bertz CT molecular complexity index is 886. The predicted octanol–water partition coefficient (Wildman–Crippen LogP) is 7.32. The van der Waals surface area contributed by atoms with E-state index in [4.69, 9.17) is 0 Å². The quantitative estimate of drug-likeness (QED) is 0.226. The molecule has 0 radical (unpaired) electrons. The smallest absolute Gasteiger partial charge is 0.206 e. The van der Waals surface area contributed by atoms with E-state index in [2.05, 4.69) is 21.0 Å². The molecule has 0 unspecified atom stereocenters. The van der Waals surface area contributed by atoms with Gasteiger partial charge in [0.2, 0.25) is 9.84 Å². The number of rotatable bonds is 14. The van der Waals surface area contributed by atoms with E-state index >= 15 is 0 Å². The van der Waals surface area contributed by atoms with Gasteiger partial charge in [-0.25, -0.2) is 8.42 Å². The van der Waals surface area contributed by atoms with Crippen molar-refractivity contribution in [1.82, 2.24) is 4.48 Å². The standard InChI is InChI=1S/C27H42NO2S/c1-5-6-7-8-9-10-11-12-13-14-22-28(3,4)25-16-15-17-27(23-25)31(29,30)26-20-18-24(2)19-21-26/h15-21,23H,5-14,22H2,1-4H3/q+1. The maximum Gasteiger partial charge on any atom is 0.206 e. The van der Waals surface area contributed by atoms with Gasteiger partial charge in [-0.2, -0.15) is 0 Å². The Kier molecular flexibility index (Phi) is 10.2. The van der Waals surface area contributed by atoms with Crippen molar-refractivity contribution >= 4 is 15.5 Å². The van der Waals surface area contributed by atoms with Gasteiger partial charge in [-0.3, -0.25) is 4.48 Å². The predicted molar refractivity (Wildman–Crippen MR) is 133 cm³/mol. The SMILES string of the molecule is CCCCCCCCCCCC[N+](C)(C)c1cccc(S(=O)(=O)c2ccc(C)cc2)c1. The van der Waals surface area contributed by atoms with Crippen LogP contribution in [0.25, 0.3) is 0 Å². The van der Waals surface area contributed by atoms with Crippen LogP contribution in [0.5, 0.6) is 0 Å². The van der Waals surface area contributed by atoms with E-state index in [0.29, 0.717) is 14.3 Å². The highest BCUT2D eigenvalue weighted by Gasteiger charge is 2.23. The van der Waals surface area contributed by atoms with Gasteiger partial charge in [0.1, 0.15) is 5.69 Å². The van der Waals surface area contributed by atoms with E-state index in [0.717, 1.165) is 24.2 Å². The number of hydrogen-bond acceptors (Lipinski definition) is 2. The summed E-state index contributed by atoms with van der Waals surface area (Å²) < 4.78 is 26.8. The first-order valence-electron chi connectivity index (χ1n) is 12.0. The molecule has 0 aliphatic carbocycles. The molecule has 0 spiro atoms. The number of sulfone groups is 1. The van der Waals surface area contributed by atoms with Crippen molar-refractivity contribution in [2.75, 3.05) is 20.6 Å². The fourth-order valence-electron chi connectivity index (χ4n) is 4.00. The molecule has 4 heteroatoms. The van der Waals surface area contributed by atoms with E-state index in [1.807, 2.05) is 37.3 Å². The first-order chi connectivity index (χ1) is 14.8. The molecule has 0 saturated heterocycles. The summed E-state index contributed by atoms with van der Waals surface area (Å²) in [5.41, 5.74) is 2.10. The molecule has 31 heavy (non-hydrogen) atoms. The van der Waals surface area contributed by atoms with Crippen LogP contribution in [0, 0.1) is 6.92 Å². The lowest BCUT2D eigenvalue weighted by Gasteiger charge is -2.29. The third-order valence-corrected chi connectivity index (χ3v) is 8.00. The summed E-state index contributed by atoms with van der Waals surface area (Å²) in [7, 11) is 0.851. The minimum atomic E-state index is -3.49. The molecule has 0 fully saturated rings. The van der Waals surface area contributed by atoms with Crippen molar-refractivity contribution in [3.8, 4) is 0 Å². The van der Waals surface area contributed by atoms with Crippen LogP contribution in [0.3, 0.4) is 0 Å². The Morgan fingerprint density at radius 1 is 0.710 bits per heavy atom. The van der Waals surface area contributed by atoms with Crippen LogP contribution < -0.4 is 4.48 Å². The number of unbranched alkanes of at least 4 members (excludes halogenated alkanes) is 9. The van der Waals surface area contributed by atoms with Crippen molar-refractivity contribution in [2.45, 2.75) is 87.8 Å². The van der Waals surface area contributed by atoms with Gasteiger partial charge in [0, 0.05) is 6.07 Å². The van der Waals surface area contributed by atoms with Gasteiger partial charge in [-0.1, -0.05) is 82.1 Å². The molecule has 0 saturated carbocycles. The van der Waals surface area contributed by atoms with Crippen molar-refractivity contribution < 1.29 is 8.42 Å². The summed E-state index contributed by atoms with van der Waals surface area (Å²) in [6.45, 7) is 5.24. The van der Waals surface area contributed by atoms with Crippen LogP contribution >= 0.6 is 0 Å². The van der Waals surface area contributed by atoms with Crippen LogP contribution in [0.15, 0.2) is 58.3 Å². The van der Waals surface area contributed by atoms with E-state index in [1.165, 1.54) is 57.8 Å². The van der Waals surface area contributed by atoms with E-state index < -0.39 is 9.84 Å². The lowest BCUT2D eigenvalue weighted by molar-refractivity contribution is 0.380. The lowest BCUT2D eigenvalue weighted by Crippen LogP contribution is -2.41. The van der Waals surface area contributed by atoms with Crippen molar-refractivity contribution in [3.63, 3.8) is 0 Å². The molecule has 2 aromatic carbocycles. The molecule has 0 N–H and O–H groups in total. The fraction of sp³-hybridized carbons (Fsp3) is 0.556. The number of nitrogens with zero attached hydrogens (tertiary/aromatic N) is 1. The van der Waals surface area contributed by atoms with Gasteiger partial charge in [-0.15, -0.1) is 0 Å². The zero-order chi connectivity index (χ0) is 22.7. The van der Waals surface area contributed by atoms with Crippen molar-refractivity contribution in [1.29, 1.82) is 0 Å². The average Bonchev–Trinajstić information content (AvgIpc) is 2.75. The highest BCUT2D eigenvalue weighted by Crippen LogP contribution is 2.27. The maximum absolute atomic E-state index is 13.1. The molecule has 172 valence electrons. The topological polar surface area (TPSA) is 34.1 Å². The summed E-state index contributed by atoms with van der Waals surface area (Å²) >= 11 is 0. The van der Waals surface area contributed by atoms with Gasteiger partial charge in [0.25, 0.3) is 0 Å². The molecule has 0 aliphatic heterocycles. The van der Waals surface area contributed by atoms with Gasteiger partial charge in [0.05, 0.1) is 30.4 Å². The zero-order valence-corrected chi connectivity index (χ0v) is 20.9. The monoisotopic (exact) mass is 444 g/mol. The minimum absolute atomic E-state index is 0.357. The largest absolute Gasteiger partial charge is 0.296 e. The maximum atomic E-state index is 13.1. The molecule has 0 aliphatic rings. The molecule has 0 amide bonds. The van der Waals surface area contributed by atoms with E-state index in [1.54, 1.807) is 18.2 Å². The number of quaternary nitrogens is 1. The van der Waals surface area contributed by atoms with Gasteiger partial charge >= 0.3 is 0 Å². The minimum Gasteiger partial charge on any atom is -0.296 e. The summed E-state index contributed by atoms with van der Waals surface area (Å²) in [6.07, 6.45) is 13.3. The highest BCUT2D eigenvalue weighted by atomic mass is 32.2. The van der Waals surface area contributed by atoms with E-state index in [-0.39, 0.29) is 0 Å². The fourth-order valence-corrected chi connectivity index (χ4v) is 5.30.